The summed E-state index contributed by atoms with van der Waals surface area (Å²) in [7, 11) is 0. The summed E-state index contributed by atoms with van der Waals surface area (Å²) in [5.41, 5.74) is 1.07. The molecule has 1 saturated heterocycles. The van der Waals surface area contributed by atoms with Gasteiger partial charge in [0.05, 0.1) is 0 Å². The Morgan fingerprint density at radius 1 is 1.27 bits per heavy atom. The van der Waals surface area contributed by atoms with E-state index in [2.05, 4.69) is 31.1 Å². The molecule has 6 heteroatoms. The van der Waals surface area contributed by atoms with Gasteiger partial charge in [0.15, 0.2) is 0 Å². The van der Waals surface area contributed by atoms with E-state index in [1.807, 2.05) is 30.3 Å². The highest BCUT2D eigenvalue weighted by Crippen LogP contribution is 2.23. The highest BCUT2D eigenvalue weighted by molar-refractivity contribution is 9.10. The van der Waals surface area contributed by atoms with Crippen LogP contribution in [0.5, 0.6) is 0 Å². The smallest absolute Gasteiger partial charge is 0.129 e. The van der Waals surface area contributed by atoms with Crippen molar-refractivity contribution in [2.24, 2.45) is 0 Å². The number of rotatable bonds is 4. The second-order valence-corrected chi connectivity index (χ2v) is 7.02. The first-order chi connectivity index (χ1) is 10.6. The molecule has 1 fully saturated rings. The fraction of sp³-hybridized carbons (Fsp3) is 0.312. The zero-order chi connectivity index (χ0) is 15.5. The lowest BCUT2D eigenvalue weighted by molar-refractivity contribution is 0.551. The summed E-state index contributed by atoms with van der Waals surface area (Å²) >= 11 is 15.5. The van der Waals surface area contributed by atoms with Crippen LogP contribution in [0.3, 0.4) is 0 Å². The van der Waals surface area contributed by atoms with Gasteiger partial charge in [-0.15, -0.1) is 0 Å². The first-order valence-corrected chi connectivity index (χ1v) is 8.71. The van der Waals surface area contributed by atoms with Crippen molar-refractivity contribution in [3.05, 3.63) is 56.6 Å². The predicted octanol–water partition coefficient (Wildman–Crippen LogP) is 4.52. The number of nitrogens with one attached hydrogen (secondary N) is 1. The Bertz CT molecular complexity index is 666. The minimum absolute atomic E-state index is 0.438. The van der Waals surface area contributed by atoms with Crippen molar-refractivity contribution in [2.45, 2.75) is 19.0 Å². The molecule has 0 radical (unpaired) electrons. The number of hydrogen-bond acceptors (Lipinski definition) is 3. The van der Waals surface area contributed by atoms with Gasteiger partial charge in [0.25, 0.3) is 0 Å². The van der Waals surface area contributed by atoms with Crippen LogP contribution in [0.1, 0.15) is 12.0 Å². The normalized spacial score (nSPS) is 18.0. The SMILES string of the molecule is Clc1ccc(CNC2CCN(c3cccc(Br)n3)C2)c(Cl)c1. The molecule has 3 rings (SSSR count). The maximum absolute atomic E-state index is 6.21. The van der Waals surface area contributed by atoms with Crippen LogP contribution in [-0.2, 0) is 6.54 Å². The van der Waals surface area contributed by atoms with Crippen molar-refractivity contribution in [1.29, 1.82) is 0 Å². The molecule has 2 aromatic rings. The Balaban J connectivity index is 1.57. The van der Waals surface area contributed by atoms with Gasteiger partial charge >= 0.3 is 0 Å². The van der Waals surface area contributed by atoms with Crippen LogP contribution >= 0.6 is 39.1 Å². The molecule has 3 nitrogen and oxygen atoms in total. The van der Waals surface area contributed by atoms with Gasteiger partial charge < -0.3 is 10.2 Å². The van der Waals surface area contributed by atoms with E-state index >= 15 is 0 Å². The molecule has 1 unspecified atom stereocenters. The van der Waals surface area contributed by atoms with E-state index in [1.165, 1.54) is 0 Å². The molecule has 1 aliphatic rings. The number of nitrogens with zero attached hydrogens (tertiary/aromatic N) is 2. The standard InChI is InChI=1S/C16H16BrCl2N3/c17-15-2-1-3-16(21-15)22-7-6-13(10-22)20-9-11-4-5-12(18)8-14(11)19/h1-5,8,13,20H,6-7,9-10H2. The number of pyridine rings is 1. The molecule has 0 spiro atoms. The zero-order valence-corrected chi connectivity index (χ0v) is 15.0. The lowest BCUT2D eigenvalue weighted by Gasteiger charge is -2.18. The number of benzene rings is 1. The van der Waals surface area contributed by atoms with E-state index < -0.39 is 0 Å². The molecule has 22 heavy (non-hydrogen) atoms. The van der Waals surface area contributed by atoms with Gasteiger partial charge in [-0.3, -0.25) is 0 Å². The van der Waals surface area contributed by atoms with E-state index in [9.17, 15) is 0 Å². The number of anilines is 1. The second-order valence-electron chi connectivity index (χ2n) is 5.37. The molecule has 1 aliphatic heterocycles. The van der Waals surface area contributed by atoms with E-state index in [0.717, 1.165) is 42.0 Å². The van der Waals surface area contributed by atoms with Gasteiger partial charge in [-0.05, 0) is 52.2 Å². The Kier molecular flexibility index (Phi) is 5.24. The Morgan fingerprint density at radius 3 is 2.91 bits per heavy atom. The Morgan fingerprint density at radius 2 is 2.14 bits per heavy atom. The van der Waals surface area contributed by atoms with Gasteiger partial charge in [0.2, 0.25) is 0 Å². The summed E-state index contributed by atoms with van der Waals surface area (Å²) in [5, 5.41) is 4.94. The minimum atomic E-state index is 0.438. The van der Waals surface area contributed by atoms with E-state index in [-0.39, 0.29) is 0 Å². The molecule has 2 heterocycles. The van der Waals surface area contributed by atoms with Crippen LogP contribution in [-0.4, -0.2) is 24.1 Å². The van der Waals surface area contributed by atoms with Crippen molar-refractivity contribution in [2.75, 3.05) is 18.0 Å². The third-order valence-electron chi connectivity index (χ3n) is 3.81. The van der Waals surface area contributed by atoms with E-state index in [1.54, 1.807) is 6.07 Å². The lowest BCUT2D eigenvalue weighted by atomic mass is 10.2. The number of aromatic nitrogens is 1. The maximum Gasteiger partial charge on any atom is 0.129 e. The largest absolute Gasteiger partial charge is 0.355 e. The van der Waals surface area contributed by atoms with Gasteiger partial charge in [-0.1, -0.05) is 35.3 Å². The number of hydrogen-bond donors (Lipinski definition) is 1. The van der Waals surface area contributed by atoms with E-state index in [0.29, 0.717) is 16.1 Å². The lowest BCUT2D eigenvalue weighted by Crippen LogP contribution is -2.32. The maximum atomic E-state index is 6.21. The highest BCUT2D eigenvalue weighted by atomic mass is 79.9. The van der Waals surface area contributed by atoms with Crippen LogP contribution in [0, 0.1) is 0 Å². The average Bonchev–Trinajstić information content (AvgIpc) is 2.95. The molecule has 0 saturated carbocycles. The molecule has 1 atom stereocenters. The zero-order valence-electron chi connectivity index (χ0n) is 11.9. The topological polar surface area (TPSA) is 28.2 Å². The Labute approximate surface area is 148 Å². The number of halogens is 3. The van der Waals surface area contributed by atoms with Gasteiger partial charge in [0.1, 0.15) is 10.4 Å². The fourth-order valence-corrected chi connectivity index (χ4v) is 3.44. The molecule has 1 aromatic heterocycles. The molecule has 1 aromatic carbocycles. The van der Waals surface area contributed by atoms with Crippen molar-refractivity contribution in [3.8, 4) is 0 Å². The van der Waals surface area contributed by atoms with Crippen LogP contribution < -0.4 is 10.2 Å². The van der Waals surface area contributed by atoms with Crippen molar-refractivity contribution < 1.29 is 0 Å². The molecule has 116 valence electrons. The summed E-state index contributed by atoms with van der Waals surface area (Å²) in [6, 6.07) is 12.1. The Hall–Kier alpha value is -0.810. The predicted molar refractivity (Wildman–Crippen MR) is 95.9 cm³/mol. The minimum Gasteiger partial charge on any atom is -0.355 e. The van der Waals surface area contributed by atoms with Crippen molar-refractivity contribution in [1.82, 2.24) is 10.3 Å². The molecule has 0 bridgehead atoms. The fourth-order valence-electron chi connectivity index (χ4n) is 2.63. The van der Waals surface area contributed by atoms with Crippen molar-refractivity contribution >= 4 is 44.9 Å². The summed E-state index contributed by atoms with van der Waals surface area (Å²) in [6.07, 6.45) is 1.10. The average molecular weight is 401 g/mol. The van der Waals surface area contributed by atoms with Gasteiger partial charge in [0, 0.05) is 35.7 Å². The molecule has 0 amide bonds. The third-order valence-corrected chi connectivity index (χ3v) is 4.84. The summed E-state index contributed by atoms with van der Waals surface area (Å²) in [4.78, 5) is 6.81. The molecule has 1 N–H and O–H groups in total. The molecule has 0 aliphatic carbocycles. The van der Waals surface area contributed by atoms with Crippen LogP contribution in [0.15, 0.2) is 41.0 Å². The van der Waals surface area contributed by atoms with Crippen LogP contribution in [0.4, 0.5) is 5.82 Å². The third kappa shape index (κ3) is 3.93. The van der Waals surface area contributed by atoms with Gasteiger partial charge in [-0.2, -0.15) is 0 Å². The van der Waals surface area contributed by atoms with Crippen LogP contribution in [0.2, 0.25) is 10.0 Å². The molecular formula is C16H16BrCl2N3. The first-order valence-electron chi connectivity index (χ1n) is 7.16. The van der Waals surface area contributed by atoms with Crippen molar-refractivity contribution in [3.63, 3.8) is 0 Å². The monoisotopic (exact) mass is 399 g/mol. The van der Waals surface area contributed by atoms with E-state index in [4.69, 9.17) is 23.2 Å². The summed E-state index contributed by atoms with van der Waals surface area (Å²) in [6.45, 7) is 2.71. The molecular weight excluding hydrogens is 385 g/mol. The highest BCUT2D eigenvalue weighted by Gasteiger charge is 2.23. The first kappa shape index (κ1) is 16.1. The second kappa shape index (κ2) is 7.18. The summed E-state index contributed by atoms with van der Waals surface area (Å²) in [5.74, 6) is 1.02. The summed E-state index contributed by atoms with van der Waals surface area (Å²) < 4.78 is 0.870. The van der Waals surface area contributed by atoms with Crippen LogP contribution in [0.25, 0.3) is 0 Å². The van der Waals surface area contributed by atoms with Gasteiger partial charge in [-0.25, -0.2) is 4.98 Å². The quantitative estimate of drug-likeness (QED) is 0.764.